The molecular weight excluding hydrogens is 192 g/mol. The van der Waals surface area contributed by atoms with Crippen LogP contribution in [0.15, 0.2) is 36.5 Å². The van der Waals surface area contributed by atoms with E-state index in [-0.39, 0.29) is 5.69 Å². The largest absolute Gasteiger partial charge is 0.477 e. The van der Waals surface area contributed by atoms with Crippen LogP contribution in [0, 0.1) is 0 Å². The van der Waals surface area contributed by atoms with Gasteiger partial charge >= 0.3 is 5.97 Å². The van der Waals surface area contributed by atoms with E-state index in [1.54, 1.807) is 18.3 Å². The lowest BCUT2D eigenvalue weighted by molar-refractivity contribution is 0.0691. The van der Waals surface area contributed by atoms with Crippen LogP contribution >= 0.6 is 0 Å². The number of anilines is 1. The van der Waals surface area contributed by atoms with E-state index in [4.69, 9.17) is 10.8 Å². The molecule has 0 aliphatic rings. The number of benzene rings is 1. The van der Waals surface area contributed by atoms with Crippen molar-refractivity contribution >= 4 is 11.7 Å². The normalized spacial score (nSPS) is 10.1. The van der Waals surface area contributed by atoms with E-state index in [0.29, 0.717) is 5.69 Å². The van der Waals surface area contributed by atoms with Crippen LogP contribution in [0.1, 0.15) is 10.5 Å². The molecule has 0 fully saturated rings. The first-order valence-electron chi connectivity index (χ1n) is 4.45. The van der Waals surface area contributed by atoms with Crippen molar-refractivity contribution in [3.05, 3.63) is 42.2 Å². The van der Waals surface area contributed by atoms with Gasteiger partial charge < -0.3 is 15.8 Å². The predicted molar refractivity (Wildman–Crippen MR) is 57.6 cm³/mol. The summed E-state index contributed by atoms with van der Waals surface area (Å²) in [5.41, 5.74) is 8.19. The average Bonchev–Trinajstić information content (AvgIpc) is 2.67. The number of H-pyrrole nitrogens is 1. The number of nitrogens with two attached hydrogens (primary N) is 1. The highest BCUT2D eigenvalue weighted by Crippen LogP contribution is 2.25. The summed E-state index contributed by atoms with van der Waals surface area (Å²) in [6.45, 7) is 0. The fourth-order valence-corrected chi connectivity index (χ4v) is 1.43. The molecule has 0 aliphatic heterocycles. The average molecular weight is 202 g/mol. The quantitative estimate of drug-likeness (QED) is 0.651. The second kappa shape index (κ2) is 3.49. The fraction of sp³-hybridized carbons (Fsp3) is 0. The molecule has 76 valence electrons. The van der Waals surface area contributed by atoms with Crippen LogP contribution in [-0.4, -0.2) is 16.1 Å². The summed E-state index contributed by atoms with van der Waals surface area (Å²) < 4.78 is 0. The zero-order valence-electron chi connectivity index (χ0n) is 7.90. The third-order valence-electron chi connectivity index (χ3n) is 2.19. The first-order chi connectivity index (χ1) is 7.18. The SMILES string of the molecule is Nc1ccccc1-c1c[nH]c(C(=O)O)c1. The molecule has 2 aromatic rings. The van der Waals surface area contributed by atoms with Crippen molar-refractivity contribution in [1.82, 2.24) is 4.98 Å². The van der Waals surface area contributed by atoms with Gasteiger partial charge in [-0.15, -0.1) is 0 Å². The van der Waals surface area contributed by atoms with Crippen LogP contribution in [-0.2, 0) is 0 Å². The van der Waals surface area contributed by atoms with E-state index in [2.05, 4.69) is 4.98 Å². The summed E-state index contributed by atoms with van der Waals surface area (Å²) in [7, 11) is 0. The van der Waals surface area contributed by atoms with Gasteiger partial charge in [-0.3, -0.25) is 0 Å². The molecule has 0 atom stereocenters. The monoisotopic (exact) mass is 202 g/mol. The Labute approximate surface area is 86.4 Å². The van der Waals surface area contributed by atoms with Gasteiger partial charge in [0, 0.05) is 23.0 Å². The zero-order valence-corrected chi connectivity index (χ0v) is 7.90. The molecule has 2 rings (SSSR count). The summed E-state index contributed by atoms with van der Waals surface area (Å²) >= 11 is 0. The molecule has 1 heterocycles. The number of hydrogen-bond donors (Lipinski definition) is 3. The minimum absolute atomic E-state index is 0.160. The molecule has 0 amide bonds. The molecule has 0 saturated heterocycles. The molecule has 0 saturated carbocycles. The number of carboxylic acids is 1. The number of aromatic nitrogens is 1. The molecule has 4 heteroatoms. The molecular formula is C11H10N2O2. The van der Waals surface area contributed by atoms with Crippen LogP contribution in [0.25, 0.3) is 11.1 Å². The number of nitrogens with one attached hydrogen (secondary N) is 1. The summed E-state index contributed by atoms with van der Waals surface area (Å²) in [6.07, 6.45) is 1.63. The van der Waals surface area contributed by atoms with Gasteiger partial charge in [-0.2, -0.15) is 0 Å². The van der Waals surface area contributed by atoms with Gasteiger partial charge in [-0.25, -0.2) is 4.79 Å². The van der Waals surface area contributed by atoms with Gasteiger partial charge in [-0.05, 0) is 12.1 Å². The molecule has 0 bridgehead atoms. The minimum Gasteiger partial charge on any atom is -0.477 e. The highest BCUT2D eigenvalue weighted by atomic mass is 16.4. The number of carbonyl (C=O) groups is 1. The van der Waals surface area contributed by atoms with Gasteiger partial charge in [0.2, 0.25) is 0 Å². The third kappa shape index (κ3) is 1.69. The lowest BCUT2D eigenvalue weighted by atomic mass is 10.1. The molecule has 4 nitrogen and oxygen atoms in total. The highest BCUT2D eigenvalue weighted by Gasteiger charge is 2.08. The van der Waals surface area contributed by atoms with Crippen LogP contribution < -0.4 is 5.73 Å². The van der Waals surface area contributed by atoms with Crippen molar-refractivity contribution in [2.75, 3.05) is 5.73 Å². The lowest BCUT2D eigenvalue weighted by Crippen LogP contribution is -1.94. The van der Waals surface area contributed by atoms with E-state index in [9.17, 15) is 4.79 Å². The molecule has 1 aromatic carbocycles. The Bertz CT molecular complexity index is 503. The van der Waals surface area contributed by atoms with Crippen molar-refractivity contribution in [1.29, 1.82) is 0 Å². The van der Waals surface area contributed by atoms with Crippen LogP contribution in [0.3, 0.4) is 0 Å². The van der Waals surface area contributed by atoms with Crippen molar-refractivity contribution in [3.8, 4) is 11.1 Å². The minimum atomic E-state index is -0.976. The van der Waals surface area contributed by atoms with Crippen molar-refractivity contribution in [2.24, 2.45) is 0 Å². The molecule has 0 unspecified atom stereocenters. The molecule has 0 radical (unpaired) electrons. The lowest BCUT2D eigenvalue weighted by Gasteiger charge is -2.00. The molecule has 4 N–H and O–H groups in total. The van der Waals surface area contributed by atoms with Crippen LogP contribution in [0.4, 0.5) is 5.69 Å². The molecule has 1 aromatic heterocycles. The summed E-state index contributed by atoms with van der Waals surface area (Å²) in [5.74, 6) is -0.976. The highest BCUT2D eigenvalue weighted by molar-refractivity contribution is 5.88. The standard InChI is InChI=1S/C11H10N2O2/c12-9-4-2-1-3-8(9)7-5-10(11(14)15)13-6-7/h1-6,13H,12H2,(H,14,15). The van der Waals surface area contributed by atoms with E-state index in [1.807, 2.05) is 18.2 Å². The Morgan fingerprint density at radius 2 is 2.07 bits per heavy atom. The number of rotatable bonds is 2. The molecule has 0 spiro atoms. The topological polar surface area (TPSA) is 79.1 Å². The van der Waals surface area contributed by atoms with Crippen LogP contribution in [0.5, 0.6) is 0 Å². The van der Waals surface area contributed by atoms with Gasteiger partial charge in [-0.1, -0.05) is 18.2 Å². The van der Waals surface area contributed by atoms with Gasteiger partial charge in [0.1, 0.15) is 5.69 Å². The smallest absolute Gasteiger partial charge is 0.352 e. The summed E-state index contributed by atoms with van der Waals surface area (Å²) in [4.78, 5) is 13.3. The molecule has 15 heavy (non-hydrogen) atoms. The first-order valence-corrected chi connectivity index (χ1v) is 4.45. The second-order valence-electron chi connectivity index (χ2n) is 3.19. The van der Waals surface area contributed by atoms with Crippen molar-refractivity contribution in [2.45, 2.75) is 0 Å². The Hall–Kier alpha value is -2.23. The third-order valence-corrected chi connectivity index (χ3v) is 2.19. The van der Waals surface area contributed by atoms with Gasteiger partial charge in [0.25, 0.3) is 0 Å². The first kappa shape index (κ1) is 9.33. The number of hydrogen-bond acceptors (Lipinski definition) is 2. The Morgan fingerprint density at radius 1 is 1.33 bits per heavy atom. The van der Waals surface area contributed by atoms with E-state index < -0.39 is 5.97 Å². The van der Waals surface area contributed by atoms with Gasteiger partial charge in [0.05, 0.1) is 0 Å². The maximum Gasteiger partial charge on any atom is 0.352 e. The number of aromatic carboxylic acids is 1. The number of aromatic amines is 1. The van der Waals surface area contributed by atoms with Crippen molar-refractivity contribution in [3.63, 3.8) is 0 Å². The fourth-order valence-electron chi connectivity index (χ4n) is 1.43. The number of carboxylic acid groups (broad SMARTS) is 1. The zero-order chi connectivity index (χ0) is 10.8. The van der Waals surface area contributed by atoms with Gasteiger partial charge in [0.15, 0.2) is 0 Å². The Balaban J connectivity index is 2.46. The summed E-state index contributed by atoms with van der Waals surface area (Å²) in [5, 5.41) is 8.75. The van der Waals surface area contributed by atoms with E-state index in [0.717, 1.165) is 11.1 Å². The van der Waals surface area contributed by atoms with E-state index in [1.165, 1.54) is 0 Å². The van der Waals surface area contributed by atoms with Crippen LogP contribution in [0.2, 0.25) is 0 Å². The number of nitrogen functional groups attached to an aromatic ring is 1. The van der Waals surface area contributed by atoms with E-state index >= 15 is 0 Å². The molecule has 0 aliphatic carbocycles. The summed E-state index contributed by atoms with van der Waals surface area (Å²) in [6, 6.07) is 8.89. The maximum atomic E-state index is 10.7. The van der Waals surface area contributed by atoms with Crippen molar-refractivity contribution < 1.29 is 9.90 Å². The Morgan fingerprint density at radius 3 is 2.67 bits per heavy atom. The predicted octanol–water partition coefficient (Wildman–Crippen LogP) is 1.96. The second-order valence-corrected chi connectivity index (χ2v) is 3.19. The Kier molecular flexibility index (Phi) is 2.17. The number of para-hydroxylation sites is 1. The maximum absolute atomic E-state index is 10.7.